The number of rotatable bonds is 5. The Morgan fingerprint density at radius 1 is 1.45 bits per heavy atom. The van der Waals surface area contributed by atoms with Gasteiger partial charge in [0.1, 0.15) is 5.88 Å². The third-order valence-electron chi connectivity index (χ3n) is 3.33. The van der Waals surface area contributed by atoms with Crippen LogP contribution < -0.4 is 0 Å². The highest BCUT2D eigenvalue weighted by atomic mass is 79.9. The maximum Gasteiger partial charge on any atom is 0.237 e. The van der Waals surface area contributed by atoms with E-state index in [9.17, 15) is 4.79 Å². The van der Waals surface area contributed by atoms with Gasteiger partial charge in [-0.2, -0.15) is 0 Å². The first-order chi connectivity index (χ1) is 9.63. The Hall–Kier alpha value is -0.140. The summed E-state index contributed by atoms with van der Waals surface area (Å²) in [7, 11) is 1.71. The molecule has 7 heteroatoms. The first kappa shape index (κ1) is 16.2. The molecule has 0 aliphatic carbocycles. The van der Waals surface area contributed by atoms with Gasteiger partial charge in [-0.15, -0.1) is 22.9 Å². The first-order valence-corrected chi connectivity index (χ1v) is 8.60. The molecule has 0 spiro atoms. The second kappa shape index (κ2) is 7.75. The summed E-state index contributed by atoms with van der Waals surface area (Å²) in [6.45, 7) is 4.90. The van der Waals surface area contributed by atoms with Crippen LogP contribution in [0.4, 0.5) is 0 Å². The van der Waals surface area contributed by atoms with Crippen LogP contribution in [0.1, 0.15) is 10.4 Å². The Labute approximate surface area is 136 Å². The van der Waals surface area contributed by atoms with Crippen molar-refractivity contribution in [2.75, 3.05) is 39.2 Å². The summed E-state index contributed by atoms with van der Waals surface area (Å²) in [5, 5.41) is 0. The maximum atomic E-state index is 11.5. The average molecular weight is 382 g/mol. The monoisotopic (exact) mass is 380 g/mol. The fourth-order valence-electron chi connectivity index (χ4n) is 2.25. The van der Waals surface area contributed by atoms with Gasteiger partial charge < -0.3 is 9.64 Å². The van der Waals surface area contributed by atoms with Gasteiger partial charge in [0, 0.05) is 50.3 Å². The molecular formula is C13H18BrClN2O2S. The SMILES string of the molecule is COCc1cc(CN2CCN(C(=O)CCl)CC2)sc1Br. The lowest BCUT2D eigenvalue weighted by Crippen LogP contribution is -2.48. The molecule has 4 nitrogen and oxygen atoms in total. The number of nitrogens with zero attached hydrogens (tertiary/aromatic N) is 2. The number of hydrogen-bond donors (Lipinski definition) is 0. The number of methoxy groups -OCH3 is 1. The van der Waals surface area contributed by atoms with Crippen molar-refractivity contribution >= 4 is 44.8 Å². The highest BCUT2D eigenvalue weighted by Gasteiger charge is 2.21. The van der Waals surface area contributed by atoms with E-state index in [0.29, 0.717) is 6.61 Å². The Kier molecular flexibility index (Phi) is 6.29. The number of thiophene rings is 1. The molecule has 1 aromatic rings. The number of amides is 1. The van der Waals surface area contributed by atoms with E-state index in [1.54, 1.807) is 18.4 Å². The van der Waals surface area contributed by atoms with Gasteiger partial charge in [-0.25, -0.2) is 0 Å². The molecule has 1 fully saturated rings. The third-order valence-corrected chi connectivity index (χ3v) is 5.50. The van der Waals surface area contributed by atoms with Crippen LogP contribution in [0, 0.1) is 0 Å². The van der Waals surface area contributed by atoms with E-state index < -0.39 is 0 Å². The van der Waals surface area contributed by atoms with E-state index in [2.05, 4.69) is 26.9 Å². The summed E-state index contributed by atoms with van der Waals surface area (Å²) < 4.78 is 6.32. The van der Waals surface area contributed by atoms with Gasteiger partial charge in [0.05, 0.1) is 10.4 Å². The summed E-state index contributed by atoms with van der Waals surface area (Å²) in [6.07, 6.45) is 0. The predicted molar refractivity (Wildman–Crippen MR) is 85.3 cm³/mol. The minimum atomic E-state index is 0.0348. The number of piperazine rings is 1. The number of carbonyl (C=O) groups is 1. The zero-order valence-corrected chi connectivity index (χ0v) is 14.6. The normalized spacial score (nSPS) is 16.6. The Morgan fingerprint density at radius 2 is 2.15 bits per heavy atom. The second-order valence-electron chi connectivity index (χ2n) is 4.74. The molecule has 2 heterocycles. The van der Waals surface area contributed by atoms with Crippen LogP contribution >= 0.6 is 38.9 Å². The van der Waals surface area contributed by atoms with Gasteiger partial charge in [0.2, 0.25) is 5.91 Å². The molecule has 1 saturated heterocycles. The summed E-state index contributed by atoms with van der Waals surface area (Å²) in [6, 6.07) is 2.19. The molecule has 2 rings (SSSR count). The Morgan fingerprint density at radius 3 is 2.75 bits per heavy atom. The molecule has 1 aromatic heterocycles. The molecule has 0 bridgehead atoms. The van der Waals surface area contributed by atoms with E-state index in [1.807, 2.05) is 4.90 Å². The highest BCUT2D eigenvalue weighted by Crippen LogP contribution is 2.29. The molecule has 0 N–H and O–H groups in total. The number of ether oxygens (including phenoxy) is 1. The summed E-state index contributed by atoms with van der Waals surface area (Å²) in [5.41, 5.74) is 1.20. The van der Waals surface area contributed by atoms with Crippen LogP contribution in [0.25, 0.3) is 0 Å². The number of carbonyl (C=O) groups excluding carboxylic acids is 1. The van der Waals surface area contributed by atoms with Crippen LogP contribution in [0.2, 0.25) is 0 Å². The van der Waals surface area contributed by atoms with Crippen LogP contribution in [0.3, 0.4) is 0 Å². The van der Waals surface area contributed by atoms with Gasteiger partial charge in [-0.05, 0) is 22.0 Å². The molecule has 20 heavy (non-hydrogen) atoms. The van der Waals surface area contributed by atoms with Crippen LogP contribution in [-0.4, -0.2) is 54.9 Å². The Bertz CT molecular complexity index is 461. The van der Waals surface area contributed by atoms with E-state index in [1.165, 1.54) is 10.4 Å². The smallest absolute Gasteiger partial charge is 0.237 e. The lowest BCUT2D eigenvalue weighted by Gasteiger charge is -2.34. The standard InChI is InChI=1S/C13H18BrClN2O2S/c1-19-9-10-6-11(20-13(10)14)8-16-2-4-17(5-3-16)12(18)7-15/h6H,2-5,7-9H2,1H3. The molecule has 0 unspecified atom stereocenters. The molecule has 0 saturated carbocycles. The number of alkyl halides is 1. The van der Waals surface area contributed by atoms with Gasteiger partial charge in [-0.3, -0.25) is 9.69 Å². The lowest BCUT2D eigenvalue weighted by molar-refractivity contribution is -0.130. The van der Waals surface area contributed by atoms with Crippen molar-refractivity contribution in [2.24, 2.45) is 0 Å². The lowest BCUT2D eigenvalue weighted by atomic mass is 10.2. The Balaban J connectivity index is 1.86. The summed E-state index contributed by atoms with van der Waals surface area (Å²) in [5.74, 6) is 0.116. The van der Waals surface area contributed by atoms with Crippen molar-refractivity contribution in [1.29, 1.82) is 0 Å². The zero-order valence-electron chi connectivity index (χ0n) is 11.4. The van der Waals surface area contributed by atoms with E-state index in [4.69, 9.17) is 16.3 Å². The number of hydrogen-bond acceptors (Lipinski definition) is 4. The van der Waals surface area contributed by atoms with Crippen LogP contribution in [0.15, 0.2) is 9.85 Å². The molecule has 112 valence electrons. The molecule has 0 aromatic carbocycles. The second-order valence-corrected chi connectivity index (χ2v) is 7.46. The average Bonchev–Trinajstić information content (AvgIpc) is 2.79. The minimum Gasteiger partial charge on any atom is -0.380 e. The van der Waals surface area contributed by atoms with E-state index in [-0.39, 0.29) is 11.8 Å². The minimum absolute atomic E-state index is 0.0348. The van der Waals surface area contributed by atoms with Crippen molar-refractivity contribution in [3.05, 3.63) is 20.3 Å². The van der Waals surface area contributed by atoms with Gasteiger partial charge >= 0.3 is 0 Å². The van der Waals surface area contributed by atoms with Crippen LogP contribution in [0.5, 0.6) is 0 Å². The fraction of sp³-hybridized carbons (Fsp3) is 0.615. The topological polar surface area (TPSA) is 32.8 Å². The molecule has 1 aliphatic heterocycles. The largest absolute Gasteiger partial charge is 0.380 e. The highest BCUT2D eigenvalue weighted by molar-refractivity contribution is 9.11. The quantitative estimate of drug-likeness (QED) is 0.735. The summed E-state index contributed by atoms with van der Waals surface area (Å²) in [4.78, 5) is 17.0. The maximum absolute atomic E-state index is 11.5. The van der Waals surface area contributed by atoms with Gasteiger partial charge in [-0.1, -0.05) is 0 Å². The molecule has 1 aliphatic rings. The molecule has 1 amide bonds. The van der Waals surface area contributed by atoms with Crippen molar-refractivity contribution in [3.63, 3.8) is 0 Å². The first-order valence-electron chi connectivity index (χ1n) is 6.46. The van der Waals surface area contributed by atoms with Crippen LogP contribution in [-0.2, 0) is 22.7 Å². The molecule has 0 atom stereocenters. The molecule has 0 radical (unpaired) electrons. The predicted octanol–water partition coefficient (Wildman–Crippen LogP) is 2.54. The van der Waals surface area contributed by atoms with Crippen molar-refractivity contribution in [1.82, 2.24) is 9.80 Å². The van der Waals surface area contributed by atoms with Gasteiger partial charge in [0.15, 0.2) is 0 Å². The van der Waals surface area contributed by atoms with Crippen molar-refractivity contribution < 1.29 is 9.53 Å². The summed E-state index contributed by atoms with van der Waals surface area (Å²) >= 11 is 10.9. The van der Waals surface area contributed by atoms with Gasteiger partial charge in [0.25, 0.3) is 0 Å². The van der Waals surface area contributed by atoms with Crippen molar-refractivity contribution in [3.8, 4) is 0 Å². The van der Waals surface area contributed by atoms with E-state index in [0.717, 1.165) is 36.5 Å². The zero-order chi connectivity index (χ0) is 14.5. The van der Waals surface area contributed by atoms with E-state index >= 15 is 0 Å². The van der Waals surface area contributed by atoms with Crippen molar-refractivity contribution in [2.45, 2.75) is 13.2 Å². The number of halogens is 2. The fourth-order valence-corrected chi connectivity index (χ4v) is 4.20. The third kappa shape index (κ3) is 4.18. The molecular weight excluding hydrogens is 364 g/mol.